The molecule has 0 bridgehead atoms. The van der Waals surface area contributed by atoms with Crippen LogP contribution in [-0.4, -0.2) is 40.7 Å². The van der Waals surface area contributed by atoms with E-state index in [1.54, 1.807) is 24.4 Å². The summed E-state index contributed by atoms with van der Waals surface area (Å²) < 4.78 is 4.53. The Kier molecular flexibility index (Phi) is 4.84. The minimum atomic E-state index is -1.30. The zero-order valence-electron chi connectivity index (χ0n) is 8.83. The molecule has 0 aliphatic rings. The van der Waals surface area contributed by atoms with Gasteiger partial charge in [-0.2, -0.15) is 0 Å². The second-order valence-corrected chi connectivity index (χ2v) is 3.17. The van der Waals surface area contributed by atoms with Crippen molar-refractivity contribution >= 4 is 5.97 Å². The average molecular weight is 226 g/mol. The predicted molar refractivity (Wildman–Crippen MR) is 55.5 cm³/mol. The molecule has 0 saturated heterocycles. The molecular weight excluding hydrogens is 212 g/mol. The molecule has 0 aliphatic heterocycles. The van der Waals surface area contributed by atoms with Crippen molar-refractivity contribution in [1.29, 1.82) is 0 Å². The molecule has 16 heavy (non-hydrogen) atoms. The largest absolute Gasteiger partial charge is 0.480 e. The molecule has 3 N–H and O–H groups in total. The van der Waals surface area contributed by atoms with E-state index in [1.165, 1.54) is 7.11 Å². The van der Waals surface area contributed by atoms with Gasteiger partial charge in [-0.25, -0.2) is 0 Å². The van der Waals surface area contributed by atoms with E-state index in [4.69, 9.17) is 10.2 Å². The van der Waals surface area contributed by atoms with Crippen molar-refractivity contribution in [2.24, 2.45) is 0 Å². The number of methoxy groups -OCH3 is 1. The predicted octanol–water partition coefficient (Wildman–Crippen LogP) is -0.411. The zero-order valence-corrected chi connectivity index (χ0v) is 8.83. The van der Waals surface area contributed by atoms with Gasteiger partial charge in [-0.15, -0.1) is 0 Å². The molecule has 0 fully saturated rings. The Balaban J connectivity index is 2.62. The van der Waals surface area contributed by atoms with Crippen LogP contribution in [0.3, 0.4) is 0 Å². The van der Waals surface area contributed by atoms with Crippen molar-refractivity contribution < 1.29 is 19.7 Å². The van der Waals surface area contributed by atoms with Gasteiger partial charge in [0.05, 0.1) is 0 Å². The van der Waals surface area contributed by atoms with Gasteiger partial charge in [0.2, 0.25) is 6.41 Å². The quantitative estimate of drug-likeness (QED) is 0.571. The van der Waals surface area contributed by atoms with E-state index in [1.807, 2.05) is 0 Å². The number of carboxylic acids is 1. The number of carbonyl (C=O) groups is 1. The molecule has 1 heterocycles. The Morgan fingerprint density at radius 3 is 2.88 bits per heavy atom. The SMILES string of the molecule is COC(O)NC(Cc1ccccn1)C(=O)O. The summed E-state index contributed by atoms with van der Waals surface area (Å²) in [5.41, 5.74) is 0.630. The van der Waals surface area contributed by atoms with Gasteiger partial charge in [0.1, 0.15) is 6.04 Å². The lowest BCUT2D eigenvalue weighted by atomic mass is 10.1. The average Bonchev–Trinajstić information content (AvgIpc) is 2.29. The van der Waals surface area contributed by atoms with E-state index >= 15 is 0 Å². The smallest absolute Gasteiger partial charge is 0.321 e. The number of carboxylic acid groups (broad SMARTS) is 1. The number of hydrogen-bond donors (Lipinski definition) is 3. The molecule has 2 unspecified atom stereocenters. The maximum atomic E-state index is 10.9. The Hall–Kier alpha value is -1.50. The lowest BCUT2D eigenvalue weighted by Crippen LogP contribution is -2.45. The number of hydrogen-bond acceptors (Lipinski definition) is 5. The zero-order chi connectivity index (χ0) is 12.0. The monoisotopic (exact) mass is 226 g/mol. The summed E-state index contributed by atoms with van der Waals surface area (Å²) in [5.74, 6) is -1.07. The van der Waals surface area contributed by atoms with E-state index in [2.05, 4.69) is 15.0 Å². The van der Waals surface area contributed by atoms with E-state index in [0.717, 1.165) is 0 Å². The van der Waals surface area contributed by atoms with E-state index in [0.29, 0.717) is 5.69 Å². The Morgan fingerprint density at radius 2 is 2.38 bits per heavy atom. The van der Waals surface area contributed by atoms with Crippen LogP contribution in [0.25, 0.3) is 0 Å². The lowest BCUT2D eigenvalue weighted by molar-refractivity contribution is -0.147. The molecule has 0 aromatic carbocycles. The van der Waals surface area contributed by atoms with Crippen LogP contribution in [0.5, 0.6) is 0 Å². The Bertz CT molecular complexity index is 331. The highest BCUT2D eigenvalue weighted by molar-refractivity contribution is 5.73. The molecule has 0 amide bonds. The van der Waals surface area contributed by atoms with Crippen LogP contribution in [0.2, 0.25) is 0 Å². The van der Waals surface area contributed by atoms with E-state index < -0.39 is 18.4 Å². The molecule has 2 atom stereocenters. The summed E-state index contributed by atoms with van der Waals surface area (Å²) in [4.78, 5) is 14.9. The molecule has 1 aromatic rings. The van der Waals surface area contributed by atoms with Crippen LogP contribution in [0.1, 0.15) is 5.69 Å². The summed E-state index contributed by atoms with van der Waals surface area (Å²) >= 11 is 0. The Labute approximate surface area is 92.9 Å². The van der Waals surface area contributed by atoms with Crippen LogP contribution in [0, 0.1) is 0 Å². The standard InChI is InChI=1S/C10H14N2O4/c1-16-10(15)12-8(9(13)14)6-7-4-2-3-5-11-7/h2-5,8,10,12,15H,6H2,1H3,(H,13,14). The van der Waals surface area contributed by atoms with Gasteiger partial charge in [-0.05, 0) is 12.1 Å². The minimum absolute atomic E-state index is 0.177. The van der Waals surface area contributed by atoms with Crippen molar-refractivity contribution in [2.45, 2.75) is 18.9 Å². The van der Waals surface area contributed by atoms with Gasteiger partial charge >= 0.3 is 5.97 Å². The van der Waals surface area contributed by atoms with Crippen LogP contribution < -0.4 is 5.32 Å². The van der Waals surface area contributed by atoms with Crippen LogP contribution in [-0.2, 0) is 16.0 Å². The van der Waals surface area contributed by atoms with Crippen LogP contribution in [0.15, 0.2) is 24.4 Å². The van der Waals surface area contributed by atoms with Gasteiger partial charge in [0, 0.05) is 25.4 Å². The molecular formula is C10H14N2O4. The highest BCUT2D eigenvalue weighted by Gasteiger charge is 2.20. The van der Waals surface area contributed by atoms with Gasteiger partial charge in [0.15, 0.2) is 0 Å². The van der Waals surface area contributed by atoms with Crippen molar-refractivity contribution in [1.82, 2.24) is 10.3 Å². The summed E-state index contributed by atoms with van der Waals surface area (Å²) in [7, 11) is 1.28. The normalized spacial score (nSPS) is 14.4. The first-order chi connectivity index (χ1) is 7.63. The molecule has 0 radical (unpaired) electrons. The first-order valence-corrected chi connectivity index (χ1v) is 4.73. The highest BCUT2D eigenvalue weighted by atomic mass is 16.6. The number of rotatable bonds is 6. The number of aliphatic hydroxyl groups excluding tert-OH is 1. The van der Waals surface area contributed by atoms with E-state index in [9.17, 15) is 4.79 Å². The van der Waals surface area contributed by atoms with Crippen LogP contribution >= 0.6 is 0 Å². The fourth-order valence-corrected chi connectivity index (χ4v) is 1.19. The van der Waals surface area contributed by atoms with Crippen molar-refractivity contribution in [3.05, 3.63) is 30.1 Å². The van der Waals surface area contributed by atoms with Crippen molar-refractivity contribution in [2.75, 3.05) is 7.11 Å². The van der Waals surface area contributed by atoms with Gasteiger partial charge < -0.3 is 14.9 Å². The molecule has 6 heteroatoms. The molecule has 0 saturated carbocycles. The molecule has 0 aliphatic carbocycles. The topological polar surface area (TPSA) is 91.7 Å². The summed E-state index contributed by atoms with van der Waals surface area (Å²) in [6.07, 6.45) is 0.460. The van der Waals surface area contributed by atoms with Gasteiger partial charge in [-0.1, -0.05) is 6.07 Å². The molecule has 1 aromatic heterocycles. The second kappa shape index (κ2) is 6.16. The first-order valence-electron chi connectivity index (χ1n) is 4.73. The summed E-state index contributed by atoms with van der Waals surface area (Å²) in [6, 6.07) is 4.30. The second-order valence-electron chi connectivity index (χ2n) is 3.17. The minimum Gasteiger partial charge on any atom is -0.480 e. The molecule has 0 spiro atoms. The molecule has 88 valence electrons. The third-order valence-electron chi connectivity index (χ3n) is 2.00. The van der Waals surface area contributed by atoms with Crippen molar-refractivity contribution in [3.8, 4) is 0 Å². The molecule has 1 rings (SSSR count). The number of aliphatic hydroxyl groups is 1. The summed E-state index contributed by atoms with van der Waals surface area (Å²) in [5, 5.41) is 20.5. The maximum absolute atomic E-state index is 10.9. The summed E-state index contributed by atoms with van der Waals surface area (Å²) in [6.45, 7) is 0. The van der Waals surface area contributed by atoms with Gasteiger partial charge in [0.25, 0.3) is 0 Å². The van der Waals surface area contributed by atoms with Crippen molar-refractivity contribution in [3.63, 3.8) is 0 Å². The third-order valence-corrected chi connectivity index (χ3v) is 2.00. The molecule has 6 nitrogen and oxygen atoms in total. The number of pyridine rings is 1. The maximum Gasteiger partial charge on any atom is 0.321 e. The highest BCUT2D eigenvalue weighted by Crippen LogP contribution is 2.00. The number of aromatic nitrogens is 1. The van der Waals surface area contributed by atoms with Crippen LogP contribution in [0.4, 0.5) is 0 Å². The lowest BCUT2D eigenvalue weighted by Gasteiger charge is -2.17. The Morgan fingerprint density at radius 1 is 1.62 bits per heavy atom. The van der Waals surface area contributed by atoms with Gasteiger partial charge in [-0.3, -0.25) is 15.1 Å². The number of ether oxygens (including phenoxy) is 1. The van der Waals surface area contributed by atoms with E-state index in [-0.39, 0.29) is 6.42 Å². The first kappa shape index (κ1) is 12.6. The number of aliphatic carboxylic acids is 1. The fourth-order valence-electron chi connectivity index (χ4n) is 1.19. The third kappa shape index (κ3) is 3.93. The fraction of sp³-hybridized carbons (Fsp3) is 0.400. The number of nitrogens with one attached hydrogen (secondary N) is 1. The number of nitrogens with zero attached hydrogens (tertiary/aromatic N) is 1.